The molecule has 0 aliphatic rings. The minimum atomic E-state index is -0.482. The summed E-state index contributed by atoms with van der Waals surface area (Å²) in [4.78, 5) is 27.6. The van der Waals surface area contributed by atoms with Crippen molar-refractivity contribution in [1.82, 2.24) is 14.3 Å². The predicted octanol–water partition coefficient (Wildman–Crippen LogP) is 3.08. The van der Waals surface area contributed by atoms with Crippen LogP contribution >= 0.6 is 0 Å². The molecule has 0 aliphatic heterocycles. The molecule has 1 atom stereocenters. The van der Waals surface area contributed by atoms with E-state index in [-0.39, 0.29) is 23.0 Å². The van der Waals surface area contributed by atoms with E-state index in [0.717, 1.165) is 11.3 Å². The number of halogens is 1. The fourth-order valence-corrected chi connectivity index (χ4v) is 3.15. The lowest BCUT2D eigenvalue weighted by Gasteiger charge is -2.23. The number of likely N-dealkylation sites (N-methyl/N-ethyl adjacent to an activating group) is 1. The van der Waals surface area contributed by atoms with E-state index in [2.05, 4.69) is 5.32 Å². The summed E-state index contributed by atoms with van der Waals surface area (Å²) >= 11 is 0. The van der Waals surface area contributed by atoms with Gasteiger partial charge in [-0.1, -0.05) is 30.3 Å². The molecule has 0 radical (unpaired) electrons. The average Bonchev–Trinajstić information content (AvgIpc) is 2.92. The molecule has 0 fully saturated rings. The first kappa shape index (κ1) is 20.5. The van der Waals surface area contributed by atoms with Gasteiger partial charge in [0.15, 0.2) is 0 Å². The van der Waals surface area contributed by atoms with Crippen LogP contribution in [0.5, 0.6) is 0 Å². The Kier molecular flexibility index (Phi) is 5.98. The zero-order valence-electron chi connectivity index (χ0n) is 17.0. The van der Waals surface area contributed by atoms with Crippen LogP contribution in [0.4, 0.5) is 10.1 Å². The topological polar surface area (TPSA) is 59.3 Å². The Morgan fingerprint density at radius 3 is 2.38 bits per heavy atom. The summed E-state index contributed by atoms with van der Waals surface area (Å²) in [5.74, 6) is -0.572. The van der Waals surface area contributed by atoms with Crippen LogP contribution < -0.4 is 10.9 Å². The maximum Gasteiger partial charge on any atom is 0.295 e. The lowest BCUT2D eigenvalue weighted by molar-refractivity contribution is -0.120. The van der Waals surface area contributed by atoms with Crippen LogP contribution in [-0.4, -0.2) is 33.3 Å². The van der Waals surface area contributed by atoms with E-state index in [9.17, 15) is 14.0 Å². The number of hydrogen-bond acceptors (Lipinski definition) is 3. The largest absolute Gasteiger partial charge is 0.319 e. The van der Waals surface area contributed by atoms with Crippen molar-refractivity contribution in [2.24, 2.45) is 7.05 Å². The Morgan fingerprint density at radius 2 is 1.76 bits per heavy atom. The molecule has 0 saturated heterocycles. The lowest BCUT2D eigenvalue weighted by atomic mass is 10.2. The molecule has 1 N–H and O–H groups in total. The molecule has 0 saturated carbocycles. The summed E-state index contributed by atoms with van der Waals surface area (Å²) in [7, 11) is 3.59. The van der Waals surface area contributed by atoms with Gasteiger partial charge in [0.25, 0.3) is 5.56 Å². The van der Waals surface area contributed by atoms with E-state index < -0.39 is 6.04 Å². The number of nitrogens with zero attached hydrogens (tertiary/aromatic N) is 3. The monoisotopic (exact) mass is 396 g/mol. The van der Waals surface area contributed by atoms with E-state index in [0.29, 0.717) is 12.2 Å². The molecule has 2 aromatic carbocycles. The number of hydrogen-bond donors (Lipinski definition) is 1. The Hall–Kier alpha value is -3.19. The Balaban J connectivity index is 1.78. The molecule has 7 heteroatoms. The molecule has 152 valence electrons. The van der Waals surface area contributed by atoms with Gasteiger partial charge in [0, 0.05) is 13.6 Å². The zero-order chi connectivity index (χ0) is 21.1. The second kappa shape index (κ2) is 8.45. The van der Waals surface area contributed by atoms with Crippen molar-refractivity contribution >= 4 is 11.6 Å². The van der Waals surface area contributed by atoms with Gasteiger partial charge in [-0.25, -0.2) is 9.07 Å². The number of anilines is 1. The SMILES string of the molecule is Cc1c(NC(=O)[C@@H](C)N(C)Cc2ccc(F)cc2)c(=O)n(-c2ccccc2)n1C. The fourth-order valence-electron chi connectivity index (χ4n) is 3.15. The van der Waals surface area contributed by atoms with Crippen LogP contribution in [0.2, 0.25) is 0 Å². The first-order valence-electron chi connectivity index (χ1n) is 9.39. The van der Waals surface area contributed by atoms with Crippen molar-refractivity contribution < 1.29 is 9.18 Å². The Labute approximate surface area is 169 Å². The number of para-hydroxylation sites is 1. The average molecular weight is 396 g/mol. The van der Waals surface area contributed by atoms with Crippen molar-refractivity contribution in [3.8, 4) is 5.69 Å². The van der Waals surface area contributed by atoms with Gasteiger partial charge < -0.3 is 5.32 Å². The number of carbonyl (C=O) groups excluding carboxylic acids is 1. The van der Waals surface area contributed by atoms with Gasteiger partial charge in [-0.2, -0.15) is 0 Å². The van der Waals surface area contributed by atoms with Crippen LogP contribution in [0.25, 0.3) is 5.69 Å². The molecule has 29 heavy (non-hydrogen) atoms. The van der Waals surface area contributed by atoms with Crippen molar-refractivity contribution in [3.63, 3.8) is 0 Å². The van der Waals surface area contributed by atoms with E-state index in [1.165, 1.54) is 16.8 Å². The summed E-state index contributed by atoms with van der Waals surface area (Å²) in [5.41, 5.74) is 2.28. The number of amides is 1. The van der Waals surface area contributed by atoms with Crippen LogP contribution in [0, 0.1) is 12.7 Å². The van der Waals surface area contributed by atoms with Gasteiger partial charge >= 0.3 is 0 Å². The third kappa shape index (κ3) is 4.30. The summed E-state index contributed by atoms with van der Waals surface area (Å²) in [6, 6.07) is 15.0. The molecule has 0 spiro atoms. The highest BCUT2D eigenvalue weighted by Crippen LogP contribution is 2.15. The summed E-state index contributed by atoms with van der Waals surface area (Å²) in [5, 5.41) is 2.79. The number of benzene rings is 2. The third-order valence-electron chi connectivity index (χ3n) is 5.19. The second-order valence-electron chi connectivity index (χ2n) is 7.14. The fraction of sp³-hybridized carbons (Fsp3) is 0.273. The number of aromatic nitrogens is 2. The minimum Gasteiger partial charge on any atom is -0.319 e. The molecule has 3 aromatic rings. The standard InChI is InChI=1S/C22H25FN4O2/c1-15-20(22(29)27(26(15)4)19-8-6-5-7-9-19)24-21(28)16(2)25(3)14-17-10-12-18(23)13-11-17/h5-13,16H,14H2,1-4H3,(H,24,28)/t16-/m1/s1. The molecule has 3 rings (SSSR count). The number of carbonyl (C=O) groups is 1. The van der Waals surface area contributed by atoms with Crippen molar-refractivity contribution in [1.29, 1.82) is 0 Å². The van der Waals surface area contributed by atoms with Gasteiger partial charge in [-0.15, -0.1) is 0 Å². The number of rotatable bonds is 6. The van der Waals surface area contributed by atoms with Crippen LogP contribution in [0.1, 0.15) is 18.2 Å². The molecular formula is C22H25FN4O2. The van der Waals surface area contributed by atoms with Gasteiger partial charge in [0.05, 0.1) is 17.4 Å². The molecule has 6 nitrogen and oxygen atoms in total. The van der Waals surface area contributed by atoms with Crippen molar-refractivity contribution in [2.45, 2.75) is 26.4 Å². The second-order valence-corrected chi connectivity index (χ2v) is 7.14. The Morgan fingerprint density at radius 1 is 1.14 bits per heavy atom. The van der Waals surface area contributed by atoms with Gasteiger partial charge in [-0.05, 0) is 50.7 Å². The maximum absolute atomic E-state index is 13.1. The maximum atomic E-state index is 13.1. The predicted molar refractivity (Wildman–Crippen MR) is 112 cm³/mol. The van der Waals surface area contributed by atoms with Crippen molar-refractivity contribution in [2.75, 3.05) is 12.4 Å². The lowest BCUT2D eigenvalue weighted by Crippen LogP contribution is -2.40. The first-order valence-corrected chi connectivity index (χ1v) is 9.39. The smallest absolute Gasteiger partial charge is 0.295 e. The van der Waals surface area contributed by atoms with E-state index in [4.69, 9.17) is 0 Å². The molecule has 1 aromatic heterocycles. The third-order valence-corrected chi connectivity index (χ3v) is 5.19. The van der Waals surface area contributed by atoms with Gasteiger partial charge in [0.2, 0.25) is 5.91 Å². The van der Waals surface area contributed by atoms with Crippen LogP contribution in [-0.2, 0) is 18.4 Å². The van der Waals surface area contributed by atoms with Crippen LogP contribution in [0.15, 0.2) is 59.4 Å². The molecule has 0 aliphatic carbocycles. The van der Waals surface area contributed by atoms with E-state index in [1.807, 2.05) is 42.3 Å². The molecule has 0 bridgehead atoms. The zero-order valence-corrected chi connectivity index (χ0v) is 17.0. The molecule has 0 unspecified atom stereocenters. The van der Waals surface area contributed by atoms with Gasteiger partial charge in [-0.3, -0.25) is 19.2 Å². The molecule has 1 amide bonds. The highest BCUT2D eigenvalue weighted by atomic mass is 19.1. The Bertz CT molecular complexity index is 1050. The van der Waals surface area contributed by atoms with Gasteiger partial charge in [0.1, 0.15) is 11.5 Å². The minimum absolute atomic E-state index is 0.267. The number of nitrogens with one attached hydrogen (secondary N) is 1. The summed E-state index contributed by atoms with van der Waals surface area (Å²) in [6.07, 6.45) is 0. The first-order chi connectivity index (χ1) is 13.8. The van der Waals surface area contributed by atoms with Crippen LogP contribution in [0.3, 0.4) is 0 Å². The summed E-state index contributed by atoms with van der Waals surface area (Å²) < 4.78 is 16.3. The normalized spacial score (nSPS) is 12.2. The summed E-state index contributed by atoms with van der Waals surface area (Å²) in [6.45, 7) is 4.05. The highest BCUT2D eigenvalue weighted by molar-refractivity contribution is 5.94. The van der Waals surface area contributed by atoms with E-state index in [1.54, 1.807) is 37.7 Å². The highest BCUT2D eigenvalue weighted by Gasteiger charge is 2.23. The molecular weight excluding hydrogens is 371 g/mol. The molecule has 1 heterocycles. The quantitative estimate of drug-likeness (QED) is 0.697. The van der Waals surface area contributed by atoms with E-state index >= 15 is 0 Å². The van der Waals surface area contributed by atoms with Crippen molar-refractivity contribution in [3.05, 3.63) is 82.0 Å².